The summed E-state index contributed by atoms with van der Waals surface area (Å²) in [5, 5.41) is 0. The van der Waals surface area contributed by atoms with E-state index in [-0.39, 0.29) is 11.4 Å². The second kappa shape index (κ2) is 9.80. The van der Waals surface area contributed by atoms with Crippen LogP contribution in [0.25, 0.3) is 10.2 Å². The summed E-state index contributed by atoms with van der Waals surface area (Å²) in [6.45, 7) is 3.96. The van der Waals surface area contributed by atoms with Crippen LogP contribution < -0.4 is 4.80 Å². The third-order valence-electron chi connectivity index (χ3n) is 4.02. The number of allylic oxidation sites excluding steroid dienone is 1. The van der Waals surface area contributed by atoms with Crippen molar-refractivity contribution in [3.05, 3.63) is 77.1 Å². The quantitative estimate of drug-likeness (QED) is 0.367. The van der Waals surface area contributed by atoms with Gasteiger partial charge in [0.15, 0.2) is 10.6 Å². The molecule has 1 heterocycles. The Hall–Kier alpha value is -2.25. The summed E-state index contributed by atoms with van der Waals surface area (Å²) in [5.74, 6) is 0.192. The number of halogens is 2. The second-order valence-corrected chi connectivity index (χ2v) is 8.28. The van der Waals surface area contributed by atoms with Crippen LogP contribution in [0.4, 0.5) is 8.78 Å². The summed E-state index contributed by atoms with van der Waals surface area (Å²) < 4.78 is 29.7. The van der Waals surface area contributed by atoms with Gasteiger partial charge in [-0.05, 0) is 23.8 Å². The van der Waals surface area contributed by atoms with E-state index in [0.717, 1.165) is 35.3 Å². The van der Waals surface area contributed by atoms with Crippen molar-refractivity contribution in [2.24, 2.45) is 4.99 Å². The Kier molecular flexibility index (Phi) is 7.17. The highest BCUT2D eigenvalue weighted by atomic mass is 32.2. The van der Waals surface area contributed by atoms with E-state index in [2.05, 4.69) is 23.7 Å². The van der Waals surface area contributed by atoms with Crippen LogP contribution in [-0.2, 0) is 17.1 Å². The maximum Gasteiger partial charge on any atom is 0.248 e. The van der Waals surface area contributed by atoms with Gasteiger partial charge in [-0.25, -0.2) is 8.78 Å². The van der Waals surface area contributed by atoms with Gasteiger partial charge in [0, 0.05) is 24.8 Å². The van der Waals surface area contributed by atoms with Crippen molar-refractivity contribution in [1.82, 2.24) is 4.57 Å². The molecule has 0 atom stereocenters. The Labute approximate surface area is 170 Å². The van der Waals surface area contributed by atoms with Crippen LogP contribution >= 0.6 is 23.1 Å². The highest BCUT2D eigenvalue weighted by molar-refractivity contribution is 7.98. The van der Waals surface area contributed by atoms with Crippen molar-refractivity contribution in [2.45, 2.75) is 25.1 Å². The zero-order valence-corrected chi connectivity index (χ0v) is 16.9. The number of hydrogen-bond acceptors (Lipinski definition) is 3. The molecule has 146 valence electrons. The Morgan fingerprint density at radius 2 is 2.04 bits per heavy atom. The van der Waals surface area contributed by atoms with E-state index in [1.165, 1.54) is 11.6 Å². The topological polar surface area (TPSA) is 34.4 Å². The molecular formula is C21H20F2N2OS2. The summed E-state index contributed by atoms with van der Waals surface area (Å²) >= 11 is 2.88. The number of amides is 1. The minimum Gasteiger partial charge on any atom is -0.310 e. The Bertz CT molecular complexity index is 1040. The molecule has 7 heteroatoms. The lowest BCUT2D eigenvalue weighted by molar-refractivity contribution is -0.118. The number of thioether (sulfide) groups is 1. The highest BCUT2D eigenvalue weighted by Crippen LogP contribution is 2.22. The first-order valence-electron chi connectivity index (χ1n) is 8.87. The lowest BCUT2D eigenvalue weighted by Crippen LogP contribution is -2.16. The Morgan fingerprint density at radius 3 is 2.79 bits per heavy atom. The predicted molar refractivity (Wildman–Crippen MR) is 112 cm³/mol. The number of carbonyl (C=O) groups is 1. The van der Waals surface area contributed by atoms with Crippen LogP contribution in [0.15, 0.2) is 60.1 Å². The van der Waals surface area contributed by atoms with Crippen LogP contribution in [0.2, 0.25) is 0 Å². The molecule has 3 nitrogen and oxygen atoms in total. The fraction of sp³-hybridized carbons (Fsp3) is 0.238. The molecule has 0 fully saturated rings. The molecule has 1 amide bonds. The number of benzene rings is 2. The first-order chi connectivity index (χ1) is 13.6. The van der Waals surface area contributed by atoms with Crippen LogP contribution in [0.5, 0.6) is 0 Å². The fourth-order valence-electron chi connectivity index (χ4n) is 2.77. The van der Waals surface area contributed by atoms with E-state index in [9.17, 15) is 13.6 Å². The van der Waals surface area contributed by atoms with Gasteiger partial charge in [-0.15, -0.1) is 6.58 Å². The lowest BCUT2D eigenvalue weighted by Gasteiger charge is -2.02. The lowest BCUT2D eigenvalue weighted by atomic mass is 10.2. The van der Waals surface area contributed by atoms with Gasteiger partial charge in [0.25, 0.3) is 0 Å². The first kappa shape index (κ1) is 20.5. The minimum absolute atomic E-state index is 0.247. The monoisotopic (exact) mass is 418 g/mol. The van der Waals surface area contributed by atoms with E-state index in [1.54, 1.807) is 22.4 Å². The van der Waals surface area contributed by atoms with Gasteiger partial charge in [-0.2, -0.15) is 16.8 Å². The normalized spacial score (nSPS) is 11.9. The molecular weight excluding hydrogens is 398 g/mol. The van der Waals surface area contributed by atoms with E-state index < -0.39 is 11.6 Å². The third-order valence-corrected chi connectivity index (χ3v) is 6.16. The van der Waals surface area contributed by atoms with Gasteiger partial charge >= 0.3 is 0 Å². The number of hydrogen-bond donors (Lipinski definition) is 0. The van der Waals surface area contributed by atoms with Crippen LogP contribution in [0, 0.1) is 11.6 Å². The Balaban J connectivity index is 1.66. The number of nitrogens with zero attached hydrogens (tertiary/aromatic N) is 2. The SMILES string of the molecule is C=CCn1c(=NC(=O)CCCSCc2ccccc2)sc2cc(F)cc(F)c21. The molecule has 0 aliphatic heterocycles. The molecule has 0 saturated carbocycles. The average Bonchev–Trinajstić information content (AvgIpc) is 2.99. The van der Waals surface area contributed by atoms with Crippen molar-refractivity contribution in [1.29, 1.82) is 0 Å². The van der Waals surface area contributed by atoms with Gasteiger partial charge < -0.3 is 4.57 Å². The van der Waals surface area contributed by atoms with Crippen molar-refractivity contribution in [3.63, 3.8) is 0 Å². The summed E-state index contributed by atoms with van der Waals surface area (Å²) in [7, 11) is 0. The molecule has 0 spiro atoms. The maximum atomic E-state index is 14.2. The van der Waals surface area contributed by atoms with Crippen molar-refractivity contribution in [2.75, 3.05) is 5.75 Å². The molecule has 3 aromatic rings. The molecule has 0 bridgehead atoms. The number of thiazole rings is 1. The smallest absolute Gasteiger partial charge is 0.248 e. The largest absolute Gasteiger partial charge is 0.310 e. The number of rotatable bonds is 8. The Morgan fingerprint density at radius 1 is 1.25 bits per heavy atom. The number of carbonyl (C=O) groups excluding carboxylic acids is 1. The van der Waals surface area contributed by atoms with E-state index >= 15 is 0 Å². The first-order valence-corrected chi connectivity index (χ1v) is 10.8. The van der Waals surface area contributed by atoms with Crippen molar-refractivity contribution >= 4 is 39.2 Å². The summed E-state index contributed by atoms with van der Waals surface area (Å²) in [5.41, 5.74) is 1.50. The van der Waals surface area contributed by atoms with Gasteiger partial charge in [-0.3, -0.25) is 4.79 Å². The van der Waals surface area contributed by atoms with Gasteiger partial charge in [-0.1, -0.05) is 47.7 Å². The second-order valence-electron chi connectivity index (χ2n) is 6.17. The molecule has 0 aliphatic carbocycles. The molecule has 2 aromatic carbocycles. The minimum atomic E-state index is -0.667. The summed E-state index contributed by atoms with van der Waals surface area (Å²) in [6.07, 6.45) is 2.63. The van der Waals surface area contributed by atoms with Crippen LogP contribution in [0.1, 0.15) is 18.4 Å². The van der Waals surface area contributed by atoms with Gasteiger partial charge in [0.05, 0.1) is 10.2 Å². The molecule has 0 N–H and O–H groups in total. The average molecular weight is 419 g/mol. The van der Waals surface area contributed by atoms with E-state index in [4.69, 9.17) is 0 Å². The van der Waals surface area contributed by atoms with Crippen molar-refractivity contribution < 1.29 is 13.6 Å². The molecule has 28 heavy (non-hydrogen) atoms. The predicted octanol–water partition coefficient (Wildman–Crippen LogP) is 5.31. The highest BCUT2D eigenvalue weighted by Gasteiger charge is 2.13. The van der Waals surface area contributed by atoms with E-state index in [0.29, 0.717) is 22.5 Å². The third kappa shape index (κ3) is 5.17. The van der Waals surface area contributed by atoms with Crippen LogP contribution in [-0.4, -0.2) is 16.2 Å². The van der Waals surface area contributed by atoms with Gasteiger partial charge in [0.1, 0.15) is 5.82 Å². The maximum absolute atomic E-state index is 14.2. The molecule has 0 saturated heterocycles. The zero-order chi connectivity index (χ0) is 19.9. The van der Waals surface area contributed by atoms with Gasteiger partial charge in [0.2, 0.25) is 5.91 Å². The van der Waals surface area contributed by atoms with Crippen molar-refractivity contribution in [3.8, 4) is 0 Å². The molecule has 0 aliphatic rings. The molecule has 0 radical (unpaired) electrons. The number of fused-ring (bicyclic) bond motifs is 1. The number of aromatic nitrogens is 1. The molecule has 0 unspecified atom stereocenters. The fourth-order valence-corrected chi connectivity index (χ4v) is 4.78. The van der Waals surface area contributed by atoms with E-state index in [1.807, 2.05) is 18.2 Å². The summed E-state index contributed by atoms with van der Waals surface area (Å²) in [4.78, 5) is 16.8. The molecule has 3 rings (SSSR count). The standard InChI is InChI=1S/C21H20F2N2OS2/c1-2-10-25-20-17(23)12-16(22)13-18(20)28-21(25)24-19(26)9-6-11-27-14-15-7-4-3-5-8-15/h2-5,7-8,12-13H,1,6,9-11,14H2. The van der Waals surface area contributed by atoms with Crippen LogP contribution in [0.3, 0.4) is 0 Å². The molecule has 1 aromatic heterocycles. The summed E-state index contributed by atoms with van der Waals surface area (Å²) in [6, 6.07) is 12.3. The zero-order valence-electron chi connectivity index (χ0n) is 15.2.